The number of nitrogen functional groups attached to an aromatic ring is 1. The molecule has 7 heteroatoms. The van der Waals surface area contributed by atoms with E-state index >= 15 is 0 Å². The van der Waals surface area contributed by atoms with E-state index in [0.29, 0.717) is 16.7 Å². The standard InChI is InChI=1S/C14H11FN2O3S/c1-21(18,19)9-3-5-13-12(7-9)17-14(20-13)8-2-4-10(15)11(16)6-8/h2-7H,16H2,1H3. The van der Waals surface area contributed by atoms with Crippen molar-refractivity contribution in [1.82, 2.24) is 4.98 Å². The van der Waals surface area contributed by atoms with E-state index in [2.05, 4.69) is 4.98 Å². The summed E-state index contributed by atoms with van der Waals surface area (Å²) in [6.07, 6.45) is 1.12. The van der Waals surface area contributed by atoms with Crippen molar-refractivity contribution >= 4 is 26.6 Å². The number of halogens is 1. The predicted molar refractivity (Wildman–Crippen MR) is 76.9 cm³/mol. The van der Waals surface area contributed by atoms with Crippen LogP contribution < -0.4 is 5.73 Å². The molecule has 21 heavy (non-hydrogen) atoms. The third-order valence-corrected chi connectivity index (χ3v) is 4.14. The van der Waals surface area contributed by atoms with Crippen molar-refractivity contribution < 1.29 is 17.2 Å². The molecule has 2 aromatic carbocycles. The van der Waals surface area contributed by atoms with Crippen LogP contribution in [0.2, 0.25) is 0 Å². The van der Waals surface area contributed by atoms with Gasteiger partial charge in [-0.1, -0.05) is 0 Å². The molecule has 0 bridgehead atoms. The van der Waals surface area contributed by atoms with Crippen LogP contribution in [-0.4, -0.2) is 19.7 Å². The number of hydrogen-bond donors (Lipinski definition) is 1. The van der Waals surface area contributed by atoms with Gasteiger partial charge in [0.2, 0.25) is 5.89 Å². The van der Waals surface area contributed by atoms with E-state index in [4.69, 9.17) is 10.2 Å². The molecule has 3 aromatic rings. The van der Waals surface area contributed by atoms with Crippen molar-refractivity contribution in [2.75, 3.05) is 12.0 Å². The summed E-state index contributed by atoms with van der Waals surface area (Å²) in [6.45, 7) is 0. The van der Waals surface area contributed by atoms with Crippen molar-refractivity contribution in [3.05, 3.63) is 42.2 Å². The van der Waals surface area contributed by atoms with Crippen LogP contribution in [0.5, 0.6) is 0 Å². The number of aromatic nitrogens is 1. The summed E-state index contributed by atoms with van der Waals surface area (Å²) in [5, 5.41) is 0. The fourth-order valence-electron chi connectivity index (χ4n) is 1.94. The van der Waals surface area contributed by atoms with Gasteiger partial charge in [0.15, 0.2) is 15.4 Å². The minimum Gasteiger partial charge on any atom is -0.436 e. The quantitative estimate of drug-likeness (QED) is 0.735. The maximum atomic E-state index is 13.2. The van der Waals surface area contributed by atoms with Gasteiger partial charge in [-0.05, 0) is 36.4 Å². The Labute approximate surface area is 120 Å². The number of benzene rings is 2. The Morgan fingerprint density at radius 1 is 1.19 bits per heavy atom. The largest absolute Gasteiger partial charge is 0.436 e. The Morgan fingerprint density at radius 3 is 2.62 bits per heavy atom. The number of fused-ring (bicyclic) bond motifs is 1. The fourth-order valence-corrected chi connectivity index (χ4v) is 2.58. The predicted octanol–water partition coefficient (Wildman–Crippen LogP) is 2.62. The average Bonchev–Trinajstić information content (AvgIpc) is 2.83. The van der Waals surface area contributed by atoms with Gasteiger partial charge >= 0.3 is 0 Å². The third-order valence-electron chi connectivity index (χ3n) is 3.03. The zero-order chi connectivity index (χ0) is 15.2. The van der Waals surface area contributed by atoms with Crippen LogP contribution in [0.15, 0.2) is 45.7 Å². The first-order chi connectivity index (χ1) is 9.84. The number of hydrogen-bond acceptors (Lipinski definition) is 5. The second-order valence-corrected chi connectivity index (χ2v) is 6.67. The van der Waals surface area contributed by atoms with E-state index in [1.165, 1.54) is 36.4 Å². The Hall–Kier alpha value is -2.41. The molecule has 0 spiro atoms. The van der Waals surface area contributed by atoms with Crippen LogP contribution in [0.1, 0.15) is 0 Å². The highest BCUT2D eigenvalue weighted by atomic mass is 32.2. The van der Waals surface area contributed by atoms with Crippen molar-refractivity contribution in [3.8, 4) is 11.5 Å². The van der Waals surface area contributed by atoms with Crippen LogP contribution in [0.4, 0.5) is 10.1 Å². The van der Waals surface area contributed by atoms with Crippen molar-refractivity contribution in [2.45, 2.75) is 4.90 Å². The van der Waals surface area contributed by atoms with Crippen LogP contribution in [0.3, 0.4) is 0 Å². The molecular weight excluding hydrogens is 295 g/mol. The van der Waals surface area contributed by atoms with Crippen LogP contribution in [0.25, 0.3) is 22.6 Å². The zero-order valence-electron chi connectivity index (χ0n) is 11.0. The van der Waals surface area contributed by atoms with Gasteiger partial charge < -0.3 is 10.2 Å². The summed E-state index contributed by atoms with van der Waals surface area (Å²) in [5.74, 6) is -0.267. The fraction of sp³-hybridized carbons (Fsp3) is 0.0714. The molecule has 3 rings (SSSR count). The first kappa shape index (κ1) is 13.6. The summed E-state index contributed by atoms with van der Waals surface area (Å²) in [6, 6.07) is 8.55. The number of nitrogens with zero attached hydrogens (tertiary/aromatic N) is 1. The van der Waals surface area contributed by atoms with Gasteiger partial charge in [-0.15, -0.1) is 0 Å². The lowest BCUT2D eigenvalue weighted by Gasteiger charge is -1.98. The van der Waals surface area contributed by atoms with E-state index in [1.54, 1.807) is 0 Å². The molecule has 0 aliphatic heterocycles. The van der Waals surface area contributed by atoms with Gasteiger partial charge in [0.1, 0.15) is 11.3 Å². The Bertz CT molecular complexity index is 948. The van der Waals surface area contributed by atoms with Gasteiger partial charge in [0.05, 0.1) is 10.6 Å². The maximum absolute atomic E-state index is 13.2. The molecule has 0 saturated carbocycles. The molecule has 108 valence electrons. The van der Waals surface area contributed by atoms with Gasteiger partial charge in [0.25, 0.3) is 0 Å². The second kappa shape index (κ2) is 4.56. The van der Waals surface area contributed by atoms with Crippen molar-refractivity contribution in [1.29, 1.82) is 0 Å². The SMILES string of the molecule is CS(=O)(=O)c1ccc2oc(-c3ccc(F)c(N)c3)nc2c1. The summed E-state index contributed by atoms with van der Waals surface area (Å²) >= 11 is 0. The van der Waals surface area contributed by atoms with Gasteiger partial charge in [-0.2, -0.15) is 0 Å². The van der Waals surface area contributed by atoms with Crippen molar-refractivity contribution in [3.63, 3.8) is 0 Å². The highest BCUT2D eigenvalue weighted by Crippen LogP contribution is 2.27. The van der Waals surface area contributed by atoms with Crippen LogP contribution >= 0.6 is 0 Å². The molecule has 1 heterocycles. The topological polar surface area (TPSA) is 86.2 Å². The minimum absolute atomic E-state index is 0.00780. The first-order valence-electron chi connectivity index (χ1n) is 6.00. The Kier molecular flexibility index (Phi) is 2.94. The van der Waals surface area contributed by atoms with Crippen molar-refractivity contribution in [2.24, 2.45) is 0 Å². The molecule has 2 N–H and O–H groups in total. The average molecular weight is 306 g/mol. The number of nitrogens with two attached hydrogens (primary N) is 1. The smallest absolute Gasteiger partial charge is 0.227 e. The first-order valence-corrected chi connectivity index (χ1v) is 7.90. The lowest BCUT2D eigenvalue weighted by Crippen LogP contribution is -1.96. The second-order valence-electron chi connectivity index (χ2n) is 4.66. The summed E-state index contributed by atoms with van der Waals surface area (Å²) in [5.41, 5.74) is 6.88. The van der Waals surface area contributed by atoms with E-state index in [1.807, 2.05) is 0 Å². The third kappa shape index (κ3) is 2.47. The highest BCUT2D eigenvalue weighted by Gasteiger charge is 2.13. The van der Waals surface area contributed by atoms with Gasteiger partial charge in [0, 0.05) is 11.8 Å². The summed E-state index contributed by atoms with van der Waals surface area (Å²) < 4.78 is 41.7. The van der Waals surface area contributed by atoms with E-state index in [9.17, 15) is 12.8 Å². The summed E-state index contributed by atoms with van der Waals surface area (Å²) in [7, 11) is -3.31. The van der Waals surface area contributed by atoms with Crippen LogP contribution in [0, 0.1) is 5.82 Å². The lowest BCUT2D eigenvalue weighted by atomic mass is 10.2. The Balaban J connectivity index is 2.14. The number of anilines is 1. The maximum Gasteiger partial charge on any atom is 0.227 e. The normalized spacial score (nSPS) is 11.9. The lowest BCUT2D eigenvalue weighted by molar-refractivity contribution is 0.602. The number of sulfone groups is 1. The summed E-state index contributed by atoms with van der Waals surface area (Å²) in [4.78, 5) is 4.38. The minimum atomic E-state index is -3.31. The van der Waals surface area contributed by atoms with E-state index < -0.39 is 15.7 Å². The molecule has 0 atom stereocenters. The molecule has 0 amide bonds. The molecular formula is C14H11FN2O3S. The molecule has 0 saturated heterocycles. The molecule has 0 aliphatic carbocycles. The molecule has 0 fully saturated rings. The zero-order valence-corrected chi connectivity index (χ0v) is 11.8. The molecule has 5 nitrogen and oxygen atoms in total. The molecule has 0 unspecified atom stereocenters. The number of rotatable bonds is 2. The van der Waals surface area contributed by atoms with Crippen LogP contribution in [-0.2, 0) is 9.84 Å². The highest BCUT2D eigenvalue weighted by molar-refractivity contribution is 7.90. The monoisotopic (exact) mass is 306 g/mol. The van der Waals surface area contributed by atoms with E-state index in [-0.39, 0.29) is 16.5 Å². The van der Waals surface area contributed by atoms with Gasteiger partial charge in [-0.3, -0.25) is 0 Å². The van der Waals surface area contributed by atoms with Gasteiger partial charge in [-0.25, -0.2) is 17.8 Å². The Morgan fingerprint density at radius 2 is 1.95 bits per heavy atom. The molecule has 0 aliphatic rings. The van der Waals surface area contributed by atoms with E-state index in [0.717, 1.165) is 6.26 Å². The number of oxazole rings is 1. The molecule has 1 aromatic heterocycles. The molecule has 0 radical (unpaired) electrons.